The summed E-state index contributed by atoms with van der Waals surface area (Å²) in [5, 5.41) is 2.32. The summed E-state index contributed by atoms with van der Waals surface area (Å²) in [6.07, 6.45) is 0. The minimum Gasteiger partial charge on any atom is -0.368 e. The van der Waals surface area contributed by atoms with Crippen molar-refractivity contribution in [3.8, 4) is 0 Å². The van der Waals surface area contributed by atoms with E-state index in [9.17, 15) is 14.4 Å². The molecule has 0 saturated carbocycles. The molecular formula is C6H10N2O3S. The maximum atomic E-state index is 10.6. The molecule has 6 heteroatoms. The van der Waals surface area contributed by atoms with Crippen molar-refractivity contribution in [2.45, 2.75) is 13.0 Å². The van der Waals surface area contributed by atoms with Crippen LogP contribution in [0.25, 0.3) is 0 Å². The van der Waals surface area contributed by atoms with Gasteiger partial charge in [0.25, 0.3) is 0 Å². The number of nitrogens with two attached hydrogens (primary N) is 1. The van der Waals surface area contributed by atoms with Crippen LogP contribution in [0.15, 0.2) is 0 Å². The Bertz CT molecular complexity index is 195. The molecule has 0 saturated heterocycles. The second kappa shape index (κ2) is 5.59. The van der Waals surface area contributed by atoms with Crippen molar-refractivity contribution in [2.24, 2.45) is 5.73 Å². The lowest BCUT2D eigenvalue weighted by Gasteiger charge is -2.11. The molecule has 1 atom stereocenters. The quantitative estimate of drug-likeness (QED) is 0.538. The molecular weight excluding hydrogens is 180 g/mol. The van der Waals surface area contributed by atoms with Crippen LogP contribution in [0.1, 0.15) is 6.92 Å². The number of carbonyl (C=O) groups is 3. The number of hydrogen-bond acceptors (Lipinski definition) is 4. The fourth-order valence-corrected chi connectivity index (χ4v) is 1.09. The van der Waals surface area contributed by atoms with Gasteiger partial charge in [-0.05, 0) is 0 Å². The summed E-state index contributed by atoms with van der Waals surface area (Å²) >= 11 is 0.890. The number of rotatable bonds is 5. The van der Waals surface area contributed by atoms with Gasteiger partial charge in [-0.25, -0.2) is 0 Å². The van der Waals surface area contributed by atoms with Crippen LogP contribution in [-0.2, 0) is 14.4 Å². The van der Waals surface area contributed by atoms with E-state index in [2.05, 4.69) is 5.32 Å². The number of thioether (sulfide) groups is 1. The zero-order valence-electron chi connectivity index (χ0n) is 6.57. The number of carbonyl (C=O) groups excluding carboxylic acids is 3. The van der Waals surface area contributed by atoms with Crippen LogP contribution in [0.4, 0.5) is 0 Å². The molecule has 68 valence electrons. The lowest BCUT2D eigenvalue weighted by Crippen LogP contribution is -2.45. The van der Waals surface area contributed by atoms with Gasteiger partial charge >= 0.3 is 0 Å². The van der Waals surface area contributed by atoms with Crippen molar-refractivity contribution in [1.29, 1.82) is 0 Å². The number of amides is 2. The average molecular weight is 190 g/mol. The van der Waals surface area contributed by atoms with Crippen LogP contribution in [0.2, 0.25) is 0 Å². The highest BCUT2D eigenvalue weighted by Crippen LogP contribution is 1.97. The third kappa shape index (κ3) is 4.73. The molecule has 0 bridgehead atoms. The SMILES string of the molecule is CC(=O)NC(CSC=O)C(N)=O. The third-order valence-electron chi connectivity index (χ3n) is 1.05. The van der Waals surface area contributed by atoms with E-state index in [4.69, 9.17) is 5.73 Å². The molecule has 0 aliphatic rings. The summed E-state index contributed by atoms with van der Waals surface area (Å²) in [6.45, 7) is 1.28. The second-order valence-electron chi connectivity index (χ2n) is 2.09. The Morgan fingerprint density at radius 2 is 2.25 bits per heavy atom. The lowest BCUT2D eigenvalue weighted by atomic mass is 10.3. The molecule has 2 amide bonds. The summed E-state index contributed by atoms with van der Waals surface area (Å²) in [5.41, 5.74) is 5.54. The first-order valence-electron chi connectivity index (χ1n) is 3.19. The van der Waals surface area contributed by atoms with E-state index in [1.807, 2.05) is 0 Å². The summed E-state index contributed by atoms with van der Waals surface area (Å²) in [6, 6.07) is -0.766. The topological polar surface area (TPSA) is 89.3 Å². The highest BCUT2D eigenvalue weighted by Gasteiger charge is 2.15. The predicted molar refractivity (Wildman–Crippen MR) is 46.0 cm³/mol. The molecule has 0 aromatic carbocycles. The van der Waals surface area contributed by atoms with E-state index in [1.54, 1.807) is 0 Å². The molecule has 0 aliphatic heterocycles. The maximum absolute atomic E-state index is 10.6. The van der Waals surface area contributed by atoms with Gasteiger partial charge in [-0.15, -0.1) is 0 Å². The van der Waals surface area contributed by atoms with Gasteiger partial charge in [0.1, 0.15) is 6.04 Å². The zero-order chi connectivity index (χ0) is 9.56. The molecule has 0 radical (unpaired) electrons. The first-order chi connectivity index (χ1) is 5.57. The minimum atomic E-state index is -0.766. The normalized spacial score (nSPS) is 11.8. The standard InChI is InChI=1S/C6H10N2O3S/c1-4(10)8-5(6(7)11)2-12-3-9/h3,5H,2H2,1H3,(H2,7,11)(H,8,10). The Labute approximate surface area is 74.1 Å². The van der Waals surface area contributed by atoms with Gasteiger partial charge in [-0.1, -0.05) is 11.8 Å². The molecule has 0 rings (SSSR count). The van der Waals surface area contributed by atoms with Gasteiger partial charge in [0.15, 0.2) is 5.62 Å². The Kier molecular flexibility index (Phi) is 5.11. The van der Waals surface area contributed by atoms with Gasteiger partial charge in [-0.3, -0.25) is 14.4 Å². The van der Waals surface area contributed by atoms with Gasteiger partial charge in [-0.2, -0.15) is 0 Å². The first-order valence-corrected chi connectivity index (χ1v) is 4.24. The van der Waals surface area contributed by atoms with Crippen molar-refractivity contribution in [1.82, 2.24) is 5.32 Å². The van der Waals surface area contributed by atoms with Crippen molar-refractivity contribution in [3.05, 3.63) is 0 Å². The molecule has 0 spiro atoms. The van der Waals surface area contributed by atoms with Crippen LogP contribution >= 0.6 is 11.8 Å². The molecule has 5 nitrogen and oxygen atoms in total. The summed E-state index contributed by atoms with van der Waals surface area (Å²) in [4.78, 5) is 31.0. The van der Waals surface area contributed by atoms with E-state index >= 15 is 0 Å². The molecule has 12 heavy (non-hydrogen) atoms. The van der Waals surface area contributed by atoms with Crippen LogP contribution in [-0.4, -0.2) is 29.2 Å². The lowest BCUT2D eigenvalue weighted by molar-refractivity contribution is -0.125. The largest absolute Gasteiger partial charge is 0.368 e. The van der Waals surface area contributed by atoms with E-state index in [0.717, 1.165) is 11.8 Å². The Hall–Kier alpha value is -1.04. The Morgan fingerprint density at radius 3 is 2.58 bits per heavy atom. The fraction of sp³-hybridized carbons (Fsp3) is 0.500. The van der Waals surface area contributed by atoms with Gasteiger partial charge in [0, 0.05) is 12.7 Å². The third-order valence-corrected chi connectivity index (χ3v) is 1.71. The number of hydrogen-bond donors (Lipinski definition) is 2. The van der Waals surface area contributed by atoms with Crippen molar-refractivity contribution < 1.29 is 14.4 Å². The molecule has 0 fully saturated rings. The van der Waals surface area contributed by atoms with Crippen molar-refractivity contribution >= 4 is 29.2 Å². The number of nitrogens with one attached hydrogen (secondary N) is 1. The van der Waals surface area contributed by atoms with Crippen LogP contribution in [0.3, 0.4) is 0 Å². The highest BCUT2D eigenvalue weighted by molar-refractivity contribution is 8.11. The van der Waals surface area contributed by atoms with Gasteiger partial charge in [0.2, 0.25) is 11.8 Å². The second-order valence-corrected chi connectivity index (χ2v) is 2.94. The summed E-state index contributed by atoms with van der Waals surface area (Å²) in [7, 11) is 0. The van der Waals surface area contributed by atoms with E-state index in [0.29, 0.717) is 5.62 Å². The monoisotopic (exact) mass is 190 g/mol. The Balaban J connectivity index is 3.94. The molecule has 0 aliphatic carbocycles. The predicted octanol–water partition coefficient (Wildman–Crippen LogP) is -1.10. The van der Waals surface area contributed by atoms with Gasteiger partial charge in [0.05, 0.1) is 0 Å². The first kappa shape index (κ1) is 11.0. The molecule has 3 N–H and O–H groups in total. The maximum Gasteiger partial charge on any atom is 0.240 e. The molecule has 0 aromatic heterocycles. The minimum absolute atomic E-state index is 0.179. The van der Waals surface area contributed by atoms with Crippen LogP contribution in [0, 0.1) is 0 Å². The van der Waals surface area contributed by atoms with Gasteiger partial charge < -0.3 is 11.1 Å². The zero-order valence-corrected chi connectivity index (χ0v) is 7.39. The smallest absolute Gasteiger partial charge is 0.240 e. The molecule has 0 aromatic rings. The highest BCUT2D eigenvalue weighted by atomic mass is 32.2. The molecule has 0 heterocycles. The van der Waals surface area contributed by atoms with Crippen molar-refractivity contribution in [2.75, 3.05) is 5.75 Å². The summed E-state index contributed by atoms with van der Waals surface area (Å²) in [5.74, 6) is -0.803. The number of primary amides is 1. The van der Waals surface area contributed by atoms with E-state index in [-0.39, 0.29) is 11.7 Å². The molecule has 1 unspecified atom stereocenters. The van der Waals surface area contributed by atoms with Crippen LogP contribution in [0.5, 0.6) is 0 Å². The average Bonchev–Trinajstić information content (AvgIpc) is 1.96. The van der Waals surface area contributed by atoms with Crippen LogP contribution < -0.4 is 11.1 Å². The summed E-state index contributed by atoms with van der Waals surface area (Å²) < 4.78 is 0. The fourth-order valence-electron chi connectivity index (χ4n) is 0.576. The van der Waals surface area contributed by atoms with Crippen molar-refractivity contribution in [3.63, 3.8) is 0 Å². The van der Waals surface area contributed by atoms with E-state index < -0.39 is 11.9 Å². The Morgan fingerprint density at radius 1 is 1.67 bits per heavy atom. The van der Waals surface area contributed by atoms with E-state index in [1.165, 1.54) is 6.92 Å².